The largest absolute Gasteiger partial charge is 0.613 e. The number of aromatic amines is 1. The number of aliphatic hydroxyl groups excluding tert-OH is 1. The summed E-state index contributed by atoms with van der Waals surface area (Å²) in [5.41, 5.74) is -2.86. The highest BCUT2D eigenvalue weighted by atomic mass is 79.9. The predicted octanol–water partition coefficient (Wildman–Crippen LogP) is 0.976. The highest BCUT2D eigenvalue weighted by molar-refractivity contribution is 9.09. The number of aliphatic hydroxyl groups is 1. The minimum atomic E-state index is -2.51. The average Bonchev–Trinajstić information content (AvgIpc) is 2.61. The maximum Gasteiger partial charge on any atom is 0.613 e. The summed E-state index contributed by atoms with van der Waals surface area (Å²) < 4.78 is 28.7. The van der Waals surface area contributed by atoms with Crippen LogP contribution in [0.2, 0.25) is 0 Å². The van der Waals surface area contributed by atoms with E-state index in [1.165, 1.54) is 13.1 Å². The summed E-state index contributed by atoms with van der Waals surface area (Å²) >= 11 is 8.86. The molecule has 5 atom stereocenters. The molecule has 0 radical (unpaired) electrons. The molecular formula is C15H23BrClN3O8P+. The van der Waals surface area contributed by atoms with Crippen LogP contribution < -0.4 is 16.3 Å². The van der Waals surface area contributed by atoms with Gasteiger partial charge in [0, 0.05) is 17.6 Å². The van der Waals surface area contributed by atoms with E-state index in [2.05, 4.69) is 26.0 Å². The van der Waals surface area contributed by atoms with E-state index in [9.17, 15) is 24.1 Å². The molecule has 0 fully saturated rings. The number of carbonyl (C=O) groups excluding carboxylic acids is 1. The van der Waals surface area contributed by atoms with Crippen LogP contribution in [0.4, 0.5) is 0 Å². The van der Waals surface area contributed by atoms with Crippen molar-refractivity contribution in [3.63, 3.8) is 0 Å². The SMILES string of the molecule is CC(C)OC(=O)[C@H](C)N[P+](=O)OC[C@@H](OC(CBr)n1ccc(=O)[nH]c1=O)[C@@H](O)Cl. The number of aromatic nitrogens is 2. The normalized spacial score (nSPS) is 16.2. The van der Waals surface area contributed by atoms with Crippen molar-refractivity contribution in [1.82, 2.24) is 14.6 Å². The lowest BCUT2D eigenvalue weighted by molar-refractivity contribution is -0.149. The van der Waals surface area contributed by atoms with Crippen molar-refractivity contribution in [3.8, 4) is 0 Å². The molecule has 3 N–H and O–H groups in total. The van der Waals surface area contributed by atoms with Crippen molar-refractivity contribution in [1.29, 1.82) is 0 Å². The van der Waals surface area contributed by atoms with E-state index in [1.807, 2.05) is 0 Å². The zero-order chi connectivity index (χ0) is 22.1. The van der Waals surface area contributed by atoms with Gasteiger partial charge in [0.2, 0.25) is 0 Å². The predicted molar refractivity (Wildman–Crippen MR) is 108 cm³/mol. The number of alkyl halides is 2. The van der Waals surface area contributed by atoms with Crippen LogP contribution in [0.25, 0.3) is 0 Å². The molecule has 164 valence electrons. The molecule has 0 aromatic carbocycles. The molecule has 0 saturated carbocycles. The molecule has 0 amide bonds. The molecule has 0 spiro atoms. The van der Waals surface area contributed by atoms with Crippen molar-refractivity contribution < 1.29 is 28.5 Å². The first-order valence-electron chi connectivity index (χ1n) is 8.47. The van der Waals surface area contributed by atoms with Crippen LogP contribution in [0.5, 0.6) is 0 Å². The first-order valence-corrected chi connectivity index (χ1v) is 11.2. The number of nitrogens with one attached hydrogen (secondary N) is 2. The third-order valence-electron chi connectivity index (χ3n) is 3.29. The summed E-state index contributed by atoms with van der Waals surface area (Å²) in [7, 11) is -2.51. The Morgan fingerprint density at radius 1 is 1.41 bits per heavy atom. The maximum absolute atomic E-state index is 12.0. The number of hydrogen-bond acceptors (Lipinski definition) is 8. The smallest absolute Gasteiger partial charge is 0.462 e. The standard InChI is InChI=1S/C15H22BrClN3O8P/c1-8(2)27-14(23)9(3)19-29(25)26-7-10(13(17)22)28-12(6-16)20-5-4-11(21)18-15(20)24/h4-5,8-10,12-13,22H,6-7H2,1-3H3,(H-,18,19,21,24,25)/p+1/t9-,10+,12?,13+/m0/s1. The quantitative estimate of drug-likeness (QED) is 0.209. The Balaban J connectivity index is 2.70. The van der Waals surface area contributed by atoms with Gasteiger partial charge in [-0.25, -0.2) is 4.79 Å². The van der Waals surface area contributed by atoms with Crippen molar-refractivity contribution >= 4 is 41.7 Å². The van der Waals surface area contributed by atoms with Crippen LogP contribution >= 0.6 is 35.7 Å². The van der Waals surface area contributed by atoms with Crippen LogP contribution in [0.1, 0.15) is 27.0 Å². The van der Waals surface area contributed by atoms with E-state index < -0.39 is 55.9 Å². The third kappa shape index (κ3) is 9.04. The average molecular weight is 520 g/mol. The second kappa shape index (κ2) is 12.5. The van der Waals surface area contributed by atoms with Gasteiger partial charge in [0.1, 0.15) is 25.0 Å². The van der Waals surface area contributed by atoms with Crippen molar-refractivity contribution in [2.75, 3.05) is 11.9 Å². The van der Waals surface area contributed by atoms with Crippen LogP contribution in [0.15, 0.2) is 21.9 Å². The van der Waals surface area contributed by atoms with Gasteiger partial charge >= 0.3 is 19.8 Å². The second-order valence-electron chi connectivity index (χ2n) is 6.06. The fourth-order valence-corrected chi connectivity index (χ4v) is 3.31. The highest BCUT2D eigenvalue weighted by Gasteiger charge is 2.32. The number of nitrogens with zero attached hydrogens (tertiary/aromatic N) is 1. The number of esters is 1. The Morgan fingerprint density at radius 2 is 2.07 bits per heavy atom. The minimum Gasteiger partial charge on any atom is -0.462 e. The van der Waals surface area contributed by atoms with Crippen LogP contribution in [0, 0.1) is 0 Å². The fraction of sp³-hybridized carbons (Fsp3) is 0.667. The molecule has 0 aliphatic heterocycles. The lowest BCUT2D eigenvalue weighted by Crippen LogP contribution is -2.38. The zero-order valence-electron chi connectivity index (χ0n) is 15.9. The van der Waals surface area contributed by atoms with Crippen LogP contribution in [-0.4, -0.2) is 56.4 Å². The first kappa shape index (κ1) is 25.9. The van der Waals surface area contributed by atoms with Crippen LogP contribution in [0.3, 0.4) is 0 Å². The van der Waals surface area contributed by atoms with Crippen molar-refractivity contribution in [2.24, 2.45) is 0 Å². The van der Waals surface area contributed by atoms with Gasteiger partial charge in [-0.05, 0) is 25.3 Å². The molecule has 1 aromatic heterocycles. The Labute approximate surface area is 180 Å². The molecule has 1 aromatic rings. The first-order chi connectivity index (χ1) is 13.5. The van der Waals surface area contributed by atoms with E-state index in [0.717, 1.165) is 10.6 Å². The number of rotatable bonds is 12. The number of hydrogen-bond donors (Lipinski definition) is 3. The highest BCUT2D eigenvalue weighted by Crippen LogP contribution is 2.22. The van der Waals surface area contributed by atoms with Gasteiger partial charge in [0.15, 0.2) is 5.56 Å². The Bertz CT molecular complexity index is 802. The van der Waals surface area contributed by atoms with Gasteiger partial charge in [0.25, 0.3) is 5.56 Å². The van der Waals surface area contributed by atoms with Gasteiger partial charge in [-0.1, -0.05) is 32.6 Å². The Kier molecular flexibility index (Phi) is 11.2. The van der Waals surface area contributed by atoms with Gasteiger partial charge < -0.3 is 14.6 Å². The number of H-pyrrole nitrogens is 1. The maximum atomic E-state index is 12.0. The molecule has 1 rings (SSSR count). The molecular weight excluding hydrogens is 497 g/mol. The molecule has 0 saturated heterocycles. The summed E-state index contributed by atoms with van der Waals surface area (Å²) in [6.45, 7) is 4.40. The number of halogens is 2. The molecule has 0 aliphatic carbocycles. The summed E-state index contributed by atoms with van der Waals surface area (Å²) in [5, 5.41) is 12.2. The van der Waals surface area contributed by atoms with Gasteiger partial charge in [-0.2, -0.15) is 0 Å². The monoisotopic (exact) mass is 518 g/mol. The fourth-order valence-electron chi connectivity index (χ4n) is 1.94. The zero-order valence-corrected chi connectivity index (χ0v) is 19.1. The van der Waals surface area contributed by atoms with E-state index >= 15 is 0 Å². The van der Waals surface area contributed by atoms with Crippen molar-refractivity contribution in [2.45, 2.75) is 50.8 Å². The lowest BCUT2D eigenvalue weighted by atomic mass is 10.4. The molecule has 11 nitrogen and oxygen atoms in total. The lowest BCUT2D eigenvalue weighted by Gasteiger charge is -2.24. The topological polar surface area (TPSA) is 149 Å². The van der Waals surface area contributed by atoms with Gasteiger partial charge in [-0.3, -0.25) is 19.1 Å². The van der Waals surface area contributed by atoms with Crippen LogP contribution in [-0.2, 0) is 23.4 Å². The van der Waals surface area contributed by atoms with Crippen molar-refractivity contribution in [3.05, 3.63) is 33.1 Å². The summed E-state index contributed by atoms with van der Waals surface area (Å²) in [4.78, 5) is 36.9. The second-order valence-corrected chi connectivity index (χ2v) is 8.19. The number of ether oxygens (including phenoxy) is 2. The molecule has 14 heteroatoms. The molecule has 0 bridgehead atoms. The summed E-state index contributed by atoms with van der Waals surface area (Å²) in [6, 6.07) is 0.234. The van der Waals surface area contributed by atoms with E-state index in [1.54, 1.807) is 13.8 Å². The third-order valence-corrected chi connectivity index (χ3v) is 5.11. The van der Waals surface area contributed by atoms with E-state index in [-0.39, 0.29) is 11.4 Å². The molecule has 1 heterocycles. The van der Waals surface area contributed by atoms with Gasteiger partial charge in [0.05, 0.1) is 6.10 Å². The Hall–Kier alpha value is -1.14. The molecule has 2 unspecified atom stereocenters. The summed E-state index contributed by atoms with van der Waals surface area (Å²) in [5.74, 6) is -0.603. The molecule has 29 heavy (non-hydrogen) atoms. The molecule has 0 aliphatic rings. The minimum absolute atomic E-state index is 0.113. The Morgan fingerprint density at radius 3 is 2.59 bits per heavy atom. The van der Waals surface area contributed by atoms with E-state index in [0.29, 0.717) is 0 Å². The van der Waals surface area contributed by atoms with Gasteiger partial charge in [-0.15, -0.1) is 4.52 Å². The van der Waals surface area contributed by atoms with E-state index in [4.69, 9.17) is 25.6 Å². The number of carbonyl (C=O) groups is 1. The summed E-state index contributed by atoms with van der Waals surface area (Å²) in [6.07, 6.45) is -1.24.